The number of hydrogen-bond donors (Lipinski definition) is 2. The molecular weight excluding hydrogens is 415 g/mol. The monoisotopic (exact) mass is 436 g/mol. The largest absolute Gasteiger partial charge is 0.508 e. The molecule has 154 valence electrons. The number of ether oxygens (including phenoxy) is 2. The van der Waals surface area contributed by atoms with E-state index < -0.39 is 18.4 Å². The average molecular weight is 437 g/mol. The lowest BCUT2D eigenvalue weighted by Crippen LogP contribution is -2.30. The summed E-state index contributed by atoms with van der Waals surface area (Å²) in [5, 5.41) is 20.0. The maximum absolute atomic E-state index is 10.6. The summed E-state index contributed by atoms with van der Waals surface area (Å²) in [7, 11) is 0. The van der Waals surface area contributed by atoms with Gasteiger partial charge >= 0.3 is 5.97 Å². The third kappa shape index (κ3) is 5.52. The number of allylic oxidation sites excluding steroid dienone is 2. The Morgan fingerprint density at radius 3 is 2.52 bits per heavy atom. The van der Waals surface area contributed by atoms with Gasteiger partial charge < -0.3 is 19.7 Å². The van der Waals surface area contributed by atoms with Gasteiger partial charge in [0.1, 0.15) is 5.75 Å². The van der Waals surface area contributed by atoms with Crippen LogP contribution in [0.15, 0.2) is 54.6 Å². The molecule has 2 aromatic rings. The molecule has 1 fully saturated rings. The van der Waals surface area contributed by atoms with Gasteiger partial charge in [-0.2, -0.15) is 0 Å². The highest BCUT2D eigenvalue weighted by Crippen LogP contribution is 2.45. The van der Waals surface area contributed by atoms with Crippen molar-refractivity contribution in [1.82, 2.24) is 0 Å². The van der Waals surface area contributed by atoms with E-state index in [4.69, 9.17) is 37.8 Å². The van der Waals surface area contributed by atoms with E-state index in [2.05, 4.69) is 0 Å². The van der Waals surface area contributed by atoms with Crippen molar-refractivity contribution in [3.8, 4) is 5.75 Å². The minimum atomic E-state index is -0.828. The molecular formula is C22H22Cl2O5. The predicted molar refractivity (Wildman–Crippen MR) is 111 cm³/mol. The molecule has 1 aliphatic rings. The molecule has 29 heavy (non-hydrogen) atoms. The summed E-state index contributed by atoms with van der Waals surface area (Å²) in [5.74, 6) is -0.754. The maximum Gasteiger partial charge on any atom is 0.303 e. The third-order valence-corrected chi connectivity index (χ3v) is 5.43. The highest BCUT2D eigenvalue weighted by molar-refractivity contribution is 6.36. The Morgan fingerprint density at radius 1 is 1.10 bits per heavy atom. The van der Waals surface area contributed by atoms with E-state index in [0.29, 0.717) is 40.6 Å². The second-order valence-electron chi connectivity index (χ2n) is 6.82. The second-order valence-corrected chi connectivity index (χ2v) is 7.63. The summed E-state index contributed by atoms with van der Waals surface area (Å²) in [6.07, 6.45) is 3.73. The molecule has 3 atom stereocenters. The van der Waals surface area contributed by atoms with E-state index in [9.17, 15) is 9.90 Å². The van der Waals surface area contributed by atoms with E-state index >= 15 is 0 Å². The molecule has 1 aliphatic heterocycles. The van der Waals surface area contributed by atoms with Crippen LogP contribution in [0.2, 0.25) is 10.0 Å². The summed E-state index contributed by atoms with van der Waals surface area (Å²) in [5.41, 5.74) is 1.22. The molecule has 3 unspecified atom stereocenters. The molecule has 0 aromatic heterocycles. The van der Waals surface area contributed by atoms with Gasteiger partial charge in [0.25, 0.3) is 0 Å². The van der Waals surface area contributed by atoms with E-state index in [0.717, 1.165) is 0 Å². The van der Waals surface area contributed by atoms with Crippen LogP contribution in [-0.4, -0.2) is 22.8 Å². The highest BCUT2D eigenvalue weighted by Gasteiger charge is 2.36. The number of carboxylic acids is 1. The minimum absolute atomic E-state index is 0.0677. The molecule has 1 heterocycles. The van der Waals surface area contributed by atoms with Crippen molar-refractivity contribution in [3.05, 3.63) is 75.8 Å². The minimum Gasteiger partial charge on any atom is -0.508 e. The fraction of sp³-hybridized carbons (Fsp3) is 0.318. The number of hydrogen-bond acceptors (Lipinski definition) is 4. The van der Waals surface area contributed by atoms with Crippen LogP contribution in [0.5, 0.6) is 5.75 Å². The van der Waals surface area contributed by atoms with Crippen molar-refractivity contribution in [1.29, 1.82) is 0 Å². The first-order chi connectivity index (χ1) is 14.0. The summed E-state index contributed by atoms with van der Waals surface area (Å²) in [4.78, 5) is 10.6. The number of aromatic hydroxyl groups is 1. The lowest BCUT2D eigenvalue weighted by Gasteiger charge is -2.37. The van der Waals surface area contributed by atoms with Crippen molar-refractivity contribution in [2.45, 2.75) is 31.7 Å². The lowest BCUT2D eigenvalue weighted by molar-refractivity contribution is -0.244. The Hall–Kier alpha value is -2.05. The van der Waals surface area contributed by atoms with Gasteiger partial charge in [-0.1, -0.05) is 59.6 Å². The van der Waals surface area contributed by atoms with Crippen LogP contribution in [0.25, 0.3) is 0 Å². The number of benzene rings is 2. The first-order valence-electron chi connectivity index (χ1n) is 9.33. The quantitative estimate of drug-likeness (QED) is 0.527. The van der Waals surface area contributed by atoms with Crippen LogP contribution in [0.3, 0.4) is 0 Å². The average Bonchev–Trinajstić information content (AvgIpc) is 2.68. The van der Waals surface area contributed by atoms with Crippen molar-refractivity contribution in [3.63, 3.8) is 0 Å². The molecule has 2 N–H and O–H groups in total. The van der Waals surface area contributed by atoms with Crippen molar-refractivity contribution in [2.75, 3.05) is 6.61 Å². The molecule has 0 amide bonds. The van der Waals surface area contributed by atoms with Crippen LogP contribution in [-0.2, 0) is 14.3 Å². The van der Waals surface area contributed by atoms with Gasteiger partial charge in [-0.05, 0) is 31.0 Å². The van der Waals surface area contributed by atoms with E-state index in [1.54, 1.807) is 30.3 Å². The molecule has 1 saturated heterocycles. The van der Waals surface area contributed by atoms with Gasteiger partial charge in [-0.3, -0.25) is 4.79 Å². The van der Waals surface area contributed by atoms with Crippen molar-refractivity contribution >= 4 is 29.2 Å². The normalized spacial score (nSPS) is 22.1. The molecule has 0 radical (unpaired) electrons. The SMILES string of the molecule is O=C(O)CCC=CCC1COC(c2c(Cl)cccc2Cl)OC1c1ccccc1O. The van der Waals surface area contributed by atoms with Gasteiger partial charge in [-0.25, -0.2) is 0 Å². The van der Waals surface area contributed by atoms with E-state index in [1.165, 1.54) is 0 Å². The topological polar surface area (TPSA) is 76.0 Å². The number of para-hydroxylation sites is 1. The highest BCUT2D eigenvalue weighted by atomic mass is 35.5. The van der Waals surface area contributed by atoms with Crippen LogP contribution >= 0.6 is 23.2 Å². The van der Waals surface area contributed by atoms with E-state index in [1.807, 2.05) is 24.3 Å². The molecule has 0 saturated carbocycles. The van der Waals surface area contributed by atoms with Crippen LogP contribution in [0.4, 0.5) is 0 Å². The Morgan fingerprint density at radius 2 is 1.83 bits per heavy atom. The van der Waals surface area contributed by atoms with Gasteiger partial charge in [0.15, 0.2) is 6.29 Å². The Bertz CT molecular complexity index is 863. The summed E-state index contributed by atoms with van der Waals surface area (Å²) < 4.78 is 12.2. The smallest absolute Gasteiger partial charge is 0.303 e. The zero-order valence-corrected chi connectivity index (χ0v) is 17.1. The standard InChI is InChI=1S/C22H22Cl2O5/c23-16-9-6-10-17(24)20(16)22-28-13-14(7-2-1-3-12-19(26)27)21(29-22)15-8-4-5-11-18(15)25/h1-2,4-6,8-11,14,21-22,25H,3,7,12-13H2,(H,26,27). The Labute approximate surface area is 179 Å². The summed E-state index contributed by atoms with van der Waals surface area (Å²) in [6.45, 7) is 0.370. The molecule has 0 aliphatic carbocycles. The number of phenols is 1. The molecule has 3 rings (SSSR count). The van der Waals surface area contributed by atoms with Crippen LogP contribution in [0.1, 0.15) is 42.8 Å². The van der Waals surface area contributed by atoms with Crippen LogP contribution < -0.4 is 0 Å². The number of aliphatic carboxylic acids is 1. The lowest BCUT2D eigenvalue weighted by atomic mass is 9.91. The molecule has 0 bridgehead atoms. The Kier molecular flexibility index (Phi) is 7.56. The third-order valence-electron chi connectivity index (χ3n) is 4.77. The van der Waals surface area contributed by atoms with Gasteiger partial charge in [0.2, 0.25) is 0 Å². The number of rotatable bonds is 7. The first kappa shape index (κ1) is 21.7. The van der Waals surface area contributed by atoms with Crippen LogP contribution in [0, 0.1) is 5.92 Å². The van der Waals surface area contributed by atoms with Gasteiger partial charge in [0.05, 0.1) is 22.8 Å². The van der Waals surface area contributed by atoms with Crippen molar-refractivity contribution < 1.29 is 24.5 Å². The van der Waals surface area contributed by atoms with Crippen molar-refractivity contribution in [2.24, 2.45) is 5.92 Å². The first-order valence-corrected chi connectivity index (χ1v) is 10.1. The van der Waals surface area contributed by atoms with Gasteiger partial charge in [-0.15, -0.1) is 0 Å². The van der Waals surface area contributed by atoms with Gasteiger partial charge in [0, 0.05) is 23.5 Å². The summed E-state index contributed by atoms with van der Waals surface area (Å²) in [6, 6.07) is 12.2. The maximum atomic E-state index is 10.6. The predicted octanol–water partition coefficient (Wildman–Crippen LogP) is 5.91. The number of carboxylic acid groups (broad SMARTS) is 1. The fourth-order valence-electron chi connectivity index (χ4n) is 3.31. The number of carbonyl (C=O) groups is 1. The number of phenolic OH excluding ortho intramolecular Hbond substituents is 1. The molecule has 7 heteroatoms. The molecule has 2 aromatic carbocycles. The van der Waals surface area contributed by atoms with E-state index in [-0.39, 0.29) is 18.1 Å². The Balaban J connectivity index is 1.81. The second kappa shape index (κ2) is 10.1. The summed E-state index contributed by atoms with van der Waals surface area (Å²) >= 11 is 12.6. The fourth-order valence-corrected chi connectivity index (χ4v) is 3.89. The zero-order chi connectivity index (χ0) is 20.8. The molecule has 0 spiro atoms. The zero-order valence-electron chi connectivity index (χ0n) is 15.6. The number of halogens is 2. The molecule has 5 nitrogen and oxygen atoms in total.